The molecule has 4 heteroatoms. The SMILES string of the molecule is CC(C)(C)OC(=O)C=CC1CC(c2ccc(Cl)c(N)c2)C1. The summed E-state index contributed by atoms with van der Waals surface area (Å²) in [6.45, 7) is 5.59. The van der Waals surface area contributed by atoms with Gasteiger partial charge in [-0.15, -0.1) is 0 Å². The van der Waals surface area contributed by atoms with Crippen molar-refractivity contribution >= 4 is 23.3 Å². The van der Waals surface area contributed by atoms with Crippen LogP contribution in [0.4, 0.5) is 5.69 Å². The molecule has 1 saturated carbocycles. The first kappa shape index (κ1) is 15.9. The van der Waals surface area contributed by atoms with Crippen LogP contribution in [0.1, 0.15) is 45.1 Å². The number of allylic oxidation sites excluding steroid dienone is 1. The number of carbonyl (C=O) groups excluding carboxylic acids is 1. The highest BCUT2D eigenvalue weighted by molar-refractivity contribution is 6.33. The number of hydrogen-bond acceptors (Lipinski definition) is 3. The molecule has 0 saturated heterocycles. The van der Waals surface area contributed by atoms with Gasteiger partial charge in [-0.2, -0.15) is 0 Å². The van der Waals surface area contributed by atoms with Crippen LogP contribution >= 0.6 is 11.6 Å². The molecule has 2 rings (SSSR count). The summed E-state index contributed by atoms with van der Waals surface area (Å²) in [7, 11) is 0. The summed E-state index contributed by atoms with van der Waals surface area (Å²) in [6.07, 6.45) is 5.55. The predicted octanol–water partition coefficient (Wildman–Crippen LogP) is 4.31. The van der Waals surface area contributed by atoms with Crippen LogP contribution in [0.3, 0.4) is 0 Å². The Bertz CT molecular complexity index is 554. The van der Waals surface area contributed by atoms with Crippen LogP contribution in [0.15, 0.2) is 30.4 Å². The zero-order valence-electron chi connectivity index (χ0n) is 12.7. The molecule has 1 aliphatic rings. The summed E-state index contributed by atoms with van der Waals surface area (Å²) in [4.78, 5) is 11.6. The molecule has 114 valence electrons. The number of ether oxygens (including phenoxy) is 1. The van der Waals surface area contributed by atoms with Crippen LogP contribution in [0, 0.1) is 5.92 Å². The number of hydrogen-bond donors (Lipinski definition) is 1. The van der Waals surface area contributed by atoms with Gasteiger partial charge in [-0.1, -0.05) is 23.7 Å². The number of benzene rings is 1. The molecule has 1 aliphatic carbocycles. The van der Waals surface area contributed by atoms with Crippen LogP contribution in [0.2, 0.25) is 5.02 Å². The van der Waals surface area contributed by atoms with E-state index in [-0.39, 0.29) is 5.97 Å². The van der Waals surface area contributed by atoms with E-state index in [1.165, 1.54) is 5.56 Å². The number of esters is 1. The molecule has 0 bridgehead atoms. The van der Waals surface area contributed by atoms with Gasteiger partial charge in [0, 0.05) is 6.08 Å². The molecule has 0 unspecified atom stereocenters. The third-order valence-corrected chi connectivity index (χ3v) is 3.92. The van der Waals surface area contributed by atoms with Gasteiger partial charge in [0.25, 0.3) is 0 Å². The van der Waals surface area contributed by atoms with Crippen LogP contribution in [0.5, 0.6) is 0 Å². The van der Waals surface area contributed by atoms with Crippen molar-refractivity contribution in [1.29, 1.82) is 0 Å². The van der Waals surface area contributed by atoms with E-state index in [4.69, 9.17) is 22.1 Å². The summed E-state index contributed by atoms with van der Waals surface area (Å²) in [6, 6.07) is 5.81. The molecule has 21 heavy (non-hydrogen) atoms. The van der Waals surface area contributed by atoms with Gasteiger partial charge in [0.2, 0.25) is 0 Å². The maximum Gasteiger partial charge on any atom is 0.330 e. The molecular formula is C17H22ClNO2. The molecule has 0 heterocycles. The zero-order valence-corrected chi connectivity index (χ0v) is 13.5. The number of carbonyl (C=O) groups is 1. The quantitative estimate of drug-likeness (QED) is 0.514. The first-order valence-corrected chi connectivity index (χ1v) is 7.58. The van der Waals surface area contributed by atoms with Crippen molar-refractivity contribution in [2.75, 3.05) is 5.73 Å². The number of nitrogen functional groups attached to an aromatic ring is 1. The molecule has 2 N–H and O–H groups in total. The molecular weight excluding hydrogens is 286 g/mol. The van der Waals surface area contributed by atoms with Gasteiger partial charge in [0.1, 0.15) is 5.60 Å². The lowest BCUT2D eigenvalue weighted by atomic mass is 9.71. The molecule has 0 spiro atoms. The Morgan fingerprint density at radius 1 is 1.38 bits per heavy atom. The minimum Gasteiger partial charge on any atom is -0.457 e. The number of anilines is 1. The standard InChI is InChI=1S/C17H22ClNO2/c1-17(2,3)21-16(20)7-4-11-8-13(9-11)12-5-6-14(18)15(19)10-12/h4-7,10-11,13H,8-9,19H2,1-3H3. The van der Waals surface area contributed by atoms with E-state index in [1.54, 1.807) is 6.08 Å². The Balaban J connectivity index is 1.84. The second kappa shape index (κ2) is 6.10. The second-order valence-corrected chi connectivity index (χ2v) is 7.01. The van der Waals surface area contributed by atoms with E-state index >= 15 is 0 Å². The van der Waals surface area contributed by atoms with Crippen molar-refractivity contribution in [1.82, 2.24) is 0 Å². The molecule has 3 nitrogen and oxygen atoms in total. The third kappa shape index (κ3) is 4.50. The van der Waals surface area contributed by atoms with Crippen molar-refractivity contribution in [2.24, 2.45) is 5.92 Å². The van der Waals surface area contributed by atoms with Crippen LogP contribution in [-0.4, -0.2) is 11.6 Å². The summed E-state index contributed by atoms with van der Waals surface area (Å²) in [5, 5.41) is 0.597. The van der Waals surface area contributed by atoms with Gasteiger partial charge < -0.3 is 10.5 Å². The average molecular weight is 308 g/mol. The summed E-state index contributed by atoms with van der Waals surface area (Å²) >= 11 is 5.92. The Hall–Kier alpha value is -1.48. The smallest absolute Gasteiger partial charge is 0.330 e. The predicted molar refractivity (Wildman–Crippen MR) is 86.3 cm³/mol. The Labute approximate surface area is 131 Å². The molecule has 0 radical (unpaired) electrons. The van der Waals surface area contributed by atoms with E-state index in [1.807, 2.05) is 45.0 Å². The molecule has 0 amide bonds. The monoisotopic (exact) mass is 307 g/mol. The van der Waals surface area contributed by atoms with E-state index < -0.39 is 5.60 Å². The fraction of sp³-hybridized carbons (Fsp3) is 0.471. The van der Waals surface area contributed by atoms with Gasteiger partial charge in [-0.05, 0) is 63.1 Å². The van der Waals surface area contributed by atoms with E-state index in [2.05, 4.69) is 0 Å². The summed E-state index contributed by atoms with van der Waals surface area (Å²) in [5.74, 6) is 0.652. The fourth-order valence-corrected chi connectivity index (χ4v) is 2.58. The lowest BCUT2D eigenvalue weighted by Crippen LogP contribution is -2.23. The van der Waals surface area contributed by atoms with Gasteiger partial charge in [-0.25, -0.2) is 4.79 Å². The maximum atomic E-state index is 11.6. The lowest BCUT2D eigenvalue weighted by molar-refractivity contribution is -0.148. The van der Waals surface area contributed by atoms with Gasteiger partial charge in [0.05, 0.1) is 10.7 Å². The van der Waals surface area contributed by atoms with Crippen molar-refractivity contribution in [2.45, 2.75) is 45.1 Å². The van der Waals surface area contributed by atoms with E-state index in [0.29, 0.717) is 22.5 Å². The highest BCUT2D eigenvalue weighted by atomic mass is 35.5. The molecule has 0 aromatic heterocycles. The topological polar surface area (TPSA) is 52.3 Å². The normalized spacial score (nSPS) is 22.1. The van der Waals surface area contributed by atoms with Crippen molar-refractivity contribution in [3.8, 4) is 0 Å². The molecule has 1 fully saturated rings. The third-order valence-electron chi connectivity index (χ3n) is 3.58. The second-order valence-electron chi connectivity index (χ2n) is 6.60. The average Bonchev–Trinajstić information content (AvgIpc) is 2.29. The summed E-state index contributed by atoms with van der Waals surface area (Å²) in [5.41, 5.74) is 7.23. The number of rotatable bonds is 3. The minimum absolute atomic E-state index is 0.276. The Morgan fingerprint density at radius 3 is 2.62 bits per heavy atom. The lowest BCUT2D eigenvalue weighted by Gasteiger charge is -2.34. The first-order chi connectivity index (χ1) is 9.74. The zero-order chi connectivity index (χ0) is 15.6. The van der Waals surface area contributed by atoms with Crippen molar-refractivity contribution < 1.29 is 9.53 Å². The largest absolute Gasteiger partial charge is 0.457 e. The highest BCUT2D eigenvalue weighted by Gasteiger charge is 2.29. The molecule has 1 aromatic carbocycles. The molecule has 0 aliphatic heterocycles. The van der Waals surface area contributed by atoms with Gasteiger partial charge in [-0.3, -0.25) is 0 Å². The number of nitrogens with two attached hydrogens (primary N) is 1. The van der Waals surface area contributed by atoms with Crippen LogP contribution in [0.25, 0.3) is 0 Å². The summed E-state index contributed by atoms with van der Waals surface area (Å²) < 4.78 is 5.24. The highest BCUT2D eigenvalue weighted by Crippen LogP contribution is 2.43. The van der Waals surface area contributed by atoms with E-state index in [0.717, 1.165) is 12.8 Å². The Morgan fingerprint density at radius 2 is 2.05 bits per heavy atom. The molecule has 0 atom stereocenters. The Kier molecular flexibility index (Phi) is 4.62. The maximum absolute atomic E-state index is 11.6. The fourth-order valence-electron chi connectivity index (χ4n) is 2.46. The van der Waals surface area contributed by atoms with Gasteiger partial charge >= 0.3 is 5.97 Å². The van der Waals surface area contributed by atoms with Crippen molar-refractivity contribution in [3.63, 3.8) is 0 Å². The number of halogens is 1. The van der Waals surface area contributed by atoms with Crippen LogP contribution < -0.4 is 5.73 Å². The molecule has 1 aromatic rings. The van der Waals surface area contributed by atoms with Crippen LogP contribution in [-0.2, 0) is 9.53 Å². The van der Waals surface area contributed by atoms with Gasteiger partial charge in [0.15, 0.2) is 0 Å². The first-order valence-electron chi connectivity index (χ1n) is 7.21. The van der Waals surface area contributed by atoms with Crippen molar-refractivity contribution in [3.05, 3.63) is 40.9 Å². The minimum atomic E-state index is -0.440. The van der Waals surface area contributed by atoms with E-state index in [9.17, 15) is 4.79 Å².